The van der Waals surface area contributed by atoms with Crippen molar-refractivity contribution in [3.8, 4) is 11.3 Å². The Balaban J connectivity index is 1.47. The minimum Gasteiger partial charge on any atom is -0.366 e. The van der Waals surface area contributed by atoms with Crippen molar-refractivity contribution in [1.29, 1.82) is 0 Å². The van der Waals surface area contributed by atoms with E-state index in [-0.39, 0.29) is 12.1 Å². The summed E-state index contributed by atoms with van der Waals surface area (Å²) >= 11 is 0. The fraction of sp³-hybridized carbons (Fsp3) is 0.389. The van der Waals surface area contributed by atoms with E-state index in [4.69, 9.17) is 5.10 Å². The summed E-state index contributed by atoms with van der Waals surface area (Å²) in [6.07, 6.45) is 9.95. The highest BCUT2D eigenvalue weighted by Gasteiger charge is 2.23. The first kappa shape index (κ1) is 17.9. The van der Waals surface area contributed by atoms with Gasteiger partial charge in [0, 0.05) is 30.0 Å². The average Bonchev–Trinajstić information content (AvgIpc) is 3.06. The summed E-state index contributed by atoms with van der Waals surface area (Å²) in [4.78, 5) is 8.47. The molecular formula is C18H22N6O2S. The standard InChI is InChI=1S/C18H22N6O2S/c1-27(25,26)23-15-4-2-14(3-5-15)21-17-6-7-18-20-12-16(24(18)22-17)13-8-10-19-11-9-13/h6-12,14-15,23H,2-5H2,1H3,(H,21,22). The molecule has 1 aliphatic carbocycles. The van der Waals surface area contributed by atoms with E-state index in [0.29, 0.717) is 0 Å². The summed E-state index contributed by atoms with van der Waals surface area (Å²) in [5, 5.41) is 8.17. The SMILES string of the molecule is CS(=O)(=O)NC1CCC(Nc2ccc3ncc(-c4ccncc4)n3n2)CC1. The highest BCUT2D eigenvalue weighted by Crippen LogP contribution is 2.24. The largest absolute Gasteiger partial charge is 0.366 e. The van der Waals surface area contributed by atoms with Gasteiger partial charge in [-0.05, 0) is 49.9 Å². The number of nitrogens with one attached hydrogen (secondary N) is 2. The van der Waals surface area contributed by atoms with Crippen LogP contribution in [0.1, 0.15) is 25.7 Å². The molecule has 27 heavy (non-hydrogen) atoms. The van der Waals surface area contributed by atoms with Gasteiger partial charge in [-0.15, -0.1) is 5.10 Å². The third-order valence-corrected chi connectivity index (χ3v) is 5.56. The monoisotopic (exact) mass is 386 g/mol. The lowest BCUT2D eigenvalue weighted by molar-refractivity contribution is 0.387. The first-order chi connectivity index (χ1) is 13.0. The summed E-state index contributed by atoms with van der Waals surface area (Å²) in [7, 11) is -3.15. The van der Waals surface area contributed by atoms with E-state index in [1.807, 2.05) is 35.0 Å². The van der Waals surface area contributed by atoms with Gasteiger partial charge in [-0.2, -0.15) is 0 Å². The van der Waals surface area contributed by atoms with Crippen LogP contribution in [0.3, 0.4) is 0 Å². The quantitative estimate of drug-likeness (QED) is 0.696. The molecule has 142 valence electrons. The number of rotatable bonds is 5. The van der Waals surface area contributed by atoms with Crippen LogP contribution >= 0.6 is 0 Å². The molecule has 1 aliphatic rings. The van der Waals surface area contributed by atoms with Gasteiger partial charge in [0.25, 0.3) is 0 Å². The van der Waals surface area contributed by atoms with E-state index >= 15 is 0 Å². The topological polar surface area (TPSA) is 101 Å². The Hall–Kier alpha value is -2.52. The van der Waals surface area contributed by atoms with E-state index in [2.05, 4.69) is 20.0 Å². The molecule has 4 rings (SSSR count). The average molecular weight is 386 g/mol. The normalized spacial score (nSPS) is 20.6. The summed E-state index contributed by atoms with van der Waals surface area (Å²) in [6, 6.07) is 8.04. The Kier molecular flexibility index (Phi) is 4.79. The third kappa shape index (κ3) is 4.25. The maximum atomic E-state index is 11.4. The first-order valence-corrected chi connectivity index (χ1v) is 10.9. The molecule has 1 saturated carbocycles. The summed E-state index contributed by atoms with van der Waals surface area (Å²) in [5.74, 6) is 0.787. The van der Waals surface area contributed by atoms with Gasteiger partial charge in [0.15, 0.2) is 5.65 Å². The number of hydrogen-bond donors (Lipinski definition) is 2. The number of pyridine rings is 1. The molecule has 0 radical (unpaired) electrons. The Bertz CT molecular complexity index is 1030. The van der Waals surface area contributed by atoms with Crippen molar-refractivity contribution < 1.29 is 8.42 Å². The van der Waals surface area contributed by atoms with Gasteiger partial charge in [-0.3, -0.25) is 4.98 Å². The zero-order valence-electron chi connectivity index (χ0n) is 15.0. The maximum Gasteiger partial charge on any atom is 0.208 e. The van der Waals surface area contributed by atoms with E-state index in [9.17, 15) is 8.42 Å². The van der Waals surface area contributed by atoms with Gasteiger partial charge in [0.05, 0.1) is 18.1 Å². The van der Waals surface area contributed by atoms with Gasteiger partial charge in [0.2, 0.25) is 10.0 Å². The van der Waals surface area contributed by atoms with Crippen LogP contribution in [0.2, 0.25) is 0 Å². The highest BCUT2D eigenvalue weighted by molar-refractivity contribution is 7.88. The molecule has 0 aliphatic heterocycles. The molecule has 0 bridgehead atoms. The molecule has 0 amide bonds. The lowest BCUT2D eigenvalue weighted by Gasteiger charge is -2.29. The van der Waals surface area contributed by atoms with Crippen molar-refractivity contribution in [2.24, 2.45) is 0 Å². The lowest BCUT2D eigenvalue weighted by atomic mass is 9.92. The molecule has 0 atom stereocenters. The molecule has 8 nitrogen and oxygen atoms in total. The van der Waals surface area contributed by atoms with Crippen LogP contribution in [0.15, 0.2) is 42.9 Å². The van der Waals surface area contributed by atoms with Crippen LogP contribution in [0.25, 0.3) is 16.9 Å². The number of fused-ring (bicyclic) bond motifs is 1. The molecule has 0 aromatic carbocycles. The van der Waals surface area contributed by atoms with Crippen molar-refractivity contribution in [3.05, 3.63) is 42.9 Å². The second kappa shape index (κ2) is 7.24. The van der Waals surface area contributed by atoms with Crippen molar-refractivity contribution in [1.82, 2.24) is 24.3 Å². The summed E-state index contributed by atoms with van der Waals surface area (Å²) in [6.45, 7) is 0. The predicted molar refractivity (Wildman–Crippen MR) is 104 cm³/mol. The van der Waals surface area contributed by atoms with Gasteiger partial charge in [0.1, 0.15) is 5.82 Å². The van der Waals surface area contributed by atoms with Crippen molar-refractivity contribution in [3.63, 3.8) is 0 Å². The van der Waals surface area contributed by atoms with Crippen LogP contribution in [-0.2, 0) is 10.0 Å². The Morgan fingerprint density at radius 3 is 2.44 bits per heavy atom. The second-order valence-electron chi connectivity index (χ2n) is 6.95. The van der Waals surface area contributed by atoms with Crippen LogP contribution in [-0.4, -0.2) is 46.3 Å². The molecule has 0 saturated heterocycles. The van der Waals surface area contributed by atoms with Gasteiger partial charge >= 0.3 is 0 Å². The van der Waals surface area contributed by atoms with Crippen LogP contribution in [0.4, 0.5) is 5.82 Å². The lowest BCUT2D eigenvalue weighted by Crippen LogP contribution is -2.39. The van der Waals surface area contributed by atoms with Gasteiger partial charge < -0.3 is 5.32 Å². The second-order valence-corrected chi connectivity index (χ2v) is 8.73. The van der Waals surface area contributed by atoms with E-state index in [1.165, 1.54) is 6.26 Å². The molecule has 3 heterocycles. The number of nitrogens with zero attached hydrogens (tertiary/aromatic N) is 4. The number of sulfonamides is 1. The minimum atomic E-state index is -3.15. The van der Waals surface area contributed by atoms with Gasteiger partial charge in [-0.1, -0.05) is 0 Å². The summed E-state index contributed by atoms with van der Waals surface area (Å²) in [5.41, 5.74) is 2.71. The van der Waals surface area contributed by atoms with Crippen LogP contribution < -0.4 is 10.0 Å². The molecule has 0 spiro atoms. The van der Waals surface area contributed by atoms with Crippen molar-refractivity contribution >= 4 is 21.5 Å². The van der Waals surface area contributed by atoms with Crippen LogP contribution in [0, 0.1) is 0 Å². The van der Waals surface area contributed by atoms with E-state index in [1.54, 1.807) is 12.4 Å². The fourth-order valence-corrected chi connectivity index (χ4v) is 4.38. The maximum absolute atomic E-state index is 11.4. The molecule has 1 fully saturated rings. The highest BCUT2D eigenvalue weighted by atomic mass is 32.2. The number of hydrogen-bond acceptors (Lipinski definition) is 6. The van der Waals surface area contributed by atoms with E-state index in [0.717, 1.165) is 48.4 Å². The molecular weight excluding hydrogens is 364 g/mol. The molecule has 2 N–H and O–H groups in total. The van der Waals surface area contributed by atoms with Crippen LogP contribution in [0.5, 0.6) is 0 Å². The Labute approximate surface area is 158 Å². The number of imidazole rings is 1. The number of anilines is 1. The van der Waals surface area contributed by atoms with Gasteiger partial charge in [-0.25, -0.2) is 22.6 Å². The molecule has 9 heteroatoms. The minimum absolute atomic E-state index is 0.0282. The Morgan fingerprint density at radius 2 is 1.74 bits per heavy atom. The molecule has 3 aromatic heterocycles. The molecule has 0 unspecified atom stereocenters. The zero-order chi connectivity index (χ0) is 18.9. The zero-order valence-corrected chi connectivity index (χ0v) is 15.9. The van der Waals surface area contributed by atoms with Crippen molar-refractivity contribution in [2.75, 3.05) is 11.6 Å². The third-order valence-electron chi connectivity index (χ3n) is 4.80. The number of aromatic nitrogens is 4. The summed E-state index contributed by atoms with van der Waals surface area (Å²) < 4.78 is 27.3. The Morgan fingerprint density at radius 1 is 1.04 bits per heavy atom. The first-order valence-electron chi connectivity index (χ1n) is 8.97. The molecule has 3 aromatic rings. The predicted octanol–water partition coefficient (Wildman–Crippen LogP) is 2.06. The fourth-order valence-electron chi connectivity index (χ4n) is 3.54. The van der Waals surface area contributed by atoms with E-state index < -0.39 is 10.0 Å². The smallest absolute Gasteiger partial charge is 0.208 e. The van der Waals surface area contributed by atoms with Crippen molar-refractivity contribution in [2.45, 2.75) is 37.8 Å².